The summed E-state index contributed by atoms with van der Waals surface area (Å²) in [6, 6.07) is 0. The van der Waals surface area contributed by atoms with Crippen LogP contribution in [0.5, 0.6) is 0 Å². The van der Waals surface area contributed by atoms with Gasteiger partial charge in [0.05, 0.1) is 0 Å². The van der Waals surface area contributed by atoms with Crippen molar-refractivity contribution in [1.29, 1.82) is 0 Å². The molecule has 2 unspecified atom stereocenters. The average molecular weight is 228 g/mol. The summed E-state index contributed by atoms with van der Waals surface area (Å²) in [4.78, 5) is 13.5. The molecule has 0 aliphatic heterocycles. The number of rotatable bonds is 6. The van der Waals surface area contributed by atoms with E-state index in [0.717, 1.165) is 25.9 Å². The largest absolute Gasteiger partial charge is 0.396 e. The molecule has 1 rings (SSSR count). The molecule has 0 radical (unpaired) electrons. The third kappa shape index (κ3) is 4.49. The Kier molecular flexibility index (Phi) is 5.77. The van der Waals surface area contributed by atoms with Gasteiger partial charge in [-0.25, -0.2) is 0 Å². The van der Waals surface area contributed by atoms with Crippen LogP contribution >= 0.6 is 0 Å². The van der Waals surface area contributed by atoms with E-state index in [9.17, 15) is 4.79 Å². The summed E-state index contributed by atoms with van der Waals surface area (Å²) in [7, 11) is 3.93. The molecule has 1 aliphatic carbocycles. The first kappa shape index (κ1) is 13.5. The summed E-state index contributed by atoms with van der Waals surface area (Å²) in [5, 5.41) is 12.1. The van der Waals surface area contributed by atoms with Crippen LogP contribution in [-0.4, -0.2) is 49.7 Å². The SMILES string of the molecule is CN(C)CCC(=O)NCC1CCCC1CO. The molecule has 0 aromatic rings. The van der Waals surface area contributed by atoms with Crippen LogP contribution < -0.4 is 5.32 Å². The van der Waals surface area contributed by atoms with E-state index in [1.165, 1.54) is 6.42 Å². The number of nitrogens with one attached hydrogen (secondary N) is 1. The van der Waals surface area contributed by atoms with Gasteiger partial charge in [0, 0.05) is 26.1 Å². The van der Waals surface area contributed by atoms with Crippen LogP contribution in [-0.2, 0) is 4.79 Å². The molecule has 0 saturated heterocycles. The van der Waals surface area contributed by atoms with E-state index in [1.54, 1.807) is 0 Å². The third-order valence-electron chi connectivity index (χ3n) is 3.40. The van der Waals surface area contributed by atoms with Gasteiger partial charge in [-0.3, -0.25) is 4.79 Å². The van der Waals surface area contributed by atoms with Crippen LogP contribution in [0.25, 0.3) is 0 Å². The Balaban J connectivity index is 2.16. The first-order valence-corrected chi connectivity index (χ1v) is 6.15. The van der Waals surface area contributed by atoms with Crippen molar-refractivity contribution in [1.82, 2.24) is 10.2 Å². The van der Waals surface area contributed by atoms with Crippen molar-refractivity contribution in [3.05, 3.63) is 0 Å². The fourth-order valence-corrected chi connectivity index (χ4v) is 2.28. The fraction of sp³-hybridized carbons (Fsp3) is 0.917. The van der Waals surface area contributed by atoms with Crippen molar-refractivity contribution >= 4 is 5.91 Å². The predicted molar refractivity (Wildman–Crippen MR) is 64.1 cm³/mol. The summed E-state index contributed by atoms with van der Waals surface area (Å²) < 4.78 is 0. The van der Waals surface area contributed by atoms with Crippen molar-refractivity contribution in [2.45, 2.75) is 25.7 Å². The topological polar surface area (TPSA) is 52.6 Å². The van der Waals surface area contributed by atoms with E-state index in [-0.39, 0.29) is 12.5 Å². The number of hydrogen-bond donors (Lipinski definition) is 2. The van der Waals surface area contributed by atoms with Gasteiger partial charge in [-0.05, 0) is 38.8 Å². The monoisotopic (exact) mass is 228 g/mol. The van der Waals surface area contributed by atoms with Crippen LogP contribution in [0.15, 0.2) is 0 Å². The zero-order valence-electron chi connectivity index (χ0n) is 10.4. The number of aliphatic hydroxyl groups is 1. The Bertz CT molecular complexity index is 219. The van der Waals surface area contributed by atoms with Gasteiger partial charge in [-0.2, -0.15) is 0 Å². The Hall–Kier alpha value is -0.610. The molecule has 1 saturated carbocycles. The average Bonchev–Trinajstić information content (AvgIpc) is 2.70. The Morgan fingerprint density at radius 3 is 2.69 bits per heavy atom. The summed E-state index contributed by atoms with van der Waals surface area (Å²) in [5.74, 6) is 1.000. The highest BCUT2D eigenvalue weighted by atomic mass is 16.3. The van der Waals surface area contributed by atoms with Gasteiger partial charge >= 0.3 is 0 Å². The number of nitrogens with zero attached hydrogens (tertiary/aromatic N) is 1. The maximum Gasteiger partial charge on any atom is 0.221 e. The second-order valence-electron chi connectivity index (χ2n) is 4.99. The minimum atomic E-state index is 0.122. The predicted octanol–water partition coefficient (Wildman–Crippen LogP) is 0.463. The van der Waals surface area contributed by atoms with E-state index in [1.807, 2.05) is 19.0 Å². The van der Waals surface area contributed by atoms with E-state index < -0.39 is 0 Å². The molecule has 2 atom stereocenters. The quantitative estimate of drug-likeness (QED) is 0.694. The molecule has 0 aromatic carbocycles. The highest BCUT2D eigenvalue weighted by Gasteiger charge is 2.26. The van der Waals surface area contributed by atoms with Crippen LogP contribution in [0, 0.1) is 11.8 Å². The molecule has 2 N–H and O–H groups in total. The number of aliphatic hydroxyl groups excluding tert-OH is 1. The lowest BCUT2D eigenvalue weighted by Gasteiger charge is -2.18. The van der Waals surface area contributed by atoms with Gasteiger partial charge in [0.1, 0.15) is 0 Å². The van der Waals surface area contributed by atoms with E-state index in [0.29, 0.717) is 18.3 Å². The number of carbonyl (C=O) groups excluding carboxylic acids is 1. The zero-order chi connectivity index (χ0) is 12.0. The van der Waals surface area contributed by atoms with Crippen molar-refractivity contribution in [3.63, 3.8) is 0 Å². The van der Waals surface area contributed by atoms with Crippen LogP contribution in [0.1, 0.15) is 25.7 Å². The molecule has 1 aliphatic rings. The number of hydrogen-bond acceptors (Lipinski definition) is 3. The van der Waals surface area contributed by atoms with Crippen LogP contribution in [0.3, 0.4) is 0 Å². The Morgan fingerprint density at radius 1 is 1.38 bits per heavy atom. The molecule has 4 nitrogen and oxygen atoms in total. The van der Waals surface area contributed by atoms with Gasteiger partial charge in [-0.15, -0.1) is 0 Å². The summed E-state index contributed by atoms with van der Waals surface area (Å²) in [6.45, 7) is 1.79. The second-order valence-corrected chi connectivity index (χ2v) is 4.99. The van der Waals surface area contributed by atoms with Gasteiger partial charge in [-0.1, -0.05) is 6.42 Å². The highest BCUT2D eigenvalue weighted by molar-refractivity contribution is 5.76. The standard InChI is InChI=1S/C12H24N2O2/c1-14(2)7-6-12(16)13-8-10-4-3-5-11(10)9-15/h10-11,15H,3-9H2,1-2H3,(H,13,16). The van der Waals surface area contributed by atoms with Crippen molar-refractivity contribution in [3.8, 4) is 0 Å². The minimum Gasteiger partial charge on any atom is -0.396 e. The maximum absolute atomic E-state index is 11.5. The summed E-state index contributed by atoms with van der Waals surface area (Å²) in [6.07, 6.45) is 3.99. The molecule has 0 aromatic heterocycles. The zero-order valence-corrected chi connectivity index (χ0v) is 10.4. The molecule has 94 valence electrons. The summed E-state index contributed by atoms with van der Waals surface area (Å²) >= 11 is 0. The van der Waals surface area contributed by atoms with E-state index in [4.69, 9.17) is 5.11 Å². The van der Waals surface area contributed by atoms with Crippen molar-refractivity contribution < 1.29 is 9.90 Å². The third-order valence-corrected chi connectivity index (χ3v) is 3.40. The smallest absolute Gasteiger partial charge is 0.221 e. The van der Waals surface area contributed by atoms with Crippen LogP contribution in [0.2, 0.25) is 0 Å². The lowest BCUT2D eigenvalue weighted by atomic mass is 9.97. The van der Waals surface area contributed by atoms with Crippen molar-refractivity contribution in [2.75, 3.05) is 33.8 Å². The van der Waals surface area contributed by atoms with E-state index >= 15 is 0 Å². The molecule has 0 spiro atoms. The number of amides is 1. The fourth-order valence-electron chi connectivity index (χ4n) is 2.28. The Labute approximate surface area is 98.0 Å². The molecular weight excluding hydrogens is 204 g/mol. The summed E-state index contributed by atoms with van der Waals surface area (Å²) in [5.41, 5.74) is 0. The molecule has 0 bridgehead atoms. The van der Waals surface area contributed by atoms with Gasteiger partial charge in [0.25, 0.3) is 0 Å². The van der Waals surface area contributed by atoms with Crippen molar-refractivity contribution in [2.24, 2.45) is 11.8 Å². The highest BCUT2D eigenvalue weighted by Crippen LogP contribution is 2.30. The Morgan fingerprint density at radius 2 is 2.06 bits per heavy atom. The normalized spacial score (nSPS) is 25.0. The van der Waals surface area contributed by atoms with Gasteiger partial charge in [0.15, 0.2) is 0 Å². The molecule has 4 heteroatoms. The minimum absolute atomic E-state index is 0.122. The molecule has 1 fully saturated rings. The molecule has 0 heterocycles. The first-order valence-electron chi connectivity index (χ1n) is 6.15. The molecular formula is C12H24N2O2. The van der Waals surface area contributed by atoms with Gasteiger partial charge < -0.3 is 15.3 Å². The lowest BCUT2D eigenvalue weighted by molar-refractivity contribution is -0.121. The molecule has 16 heavy (non-hydrogen) atoms. The molecule has 1 amide bonds. The first-order chi connectivity index (χ1) is 7.63. The van der Waals surface area contributed by atoms with E-state index in [2.05, 4.69) is 5.32 Å². The van der Waals surface area contributed by atoms with Crippen LogP contribution in [0.4, 0.5) is 0 Å². The lowest BCUT2D eigenvalue weighted by Crippen LogP contribution is -2.33. The second kappa shape index (κ2) is 6.86. The maximum atomic E-state index is 11.5. The number of carbonyl (C=O) groups is 1. The van der Waals surface area contributed by atoms with Gasteiger partial charge in [0.2, 0.25) is 5.91 Å².